The van der Waals surface area contributed by atoms with Crippen LogP contribution in [0.2, 0.25) is 0 Å². The highest BCUT2D eigenvalue weighted by molar-refractivity contribution is 4.85. The van der Waals surface area contributed by atoms with Gasteiger partial charge in [0, 0.05) is 13.1 Å². The summed E-state index contributed by atoms with van der Waals surface area (Å²) in [4.78, 5) is 4.22. The van der Waals surface area contributed by atoms with Gasteiger partial charge in [0.05, 0.1) is 6.54 Å². The number of hydrogen-bond acceptors (Lipinski definition) is 3. The summed E-state index contributed by atoms with van der Waals surface area (Å²) in [5.74, 6) is 2.61. The Morgan fingerprint density at radius 3 is 2.81 bits per heavy atom. The molecule has 0 aromatic carbocycles. The smallest absolute Gasteiger partial charge is 0.164 e. The van der Waals surface area contributed by atoms with Crippen LogP contribution in [0.1, 0.15) is 38.9 Å². The van der Waals surface area contributed by atoms with E-state index >= 15 is 0 Å². The van der Waals surface area contributed by atoms with Crippen LogP contribution >= 0.6 is 0 Å². The average molecular weight is 222 g/mol. The summed E-state index contributed by atoms with van der Waals surface area (Å²) >= 11 is 0. The molecule has 1 saturated carbocycles. The van der Waals surface area contributed by atoms with Gasteiger partial charge >= 0.3 is 0 Å². The lowest BCUT2D eigenvalue weighted by Crippen LogP contribution is -2.36. The monoisotopic (exact) mass is 222 g/mol. The predicted octanol–water partition coefficient (Wildman–Crippen LogP) is 1.73. The second-order valence-corrected chi connectivity index (χ2v) is 5.18. The van der Waals surface area contributed by atoms with E-state index in [-0.39, 0.29) is 0 Å². The van der Waals surface area contributed by atoms with Gasteiger partial charge in [-0.1, -0.05) is 13.8 Å². The van der Waals surface area contributed by atoms with Crippen molar-refractivity contribution in [2.45, 2.75) is 45.7 Å². The van der Waals surface area contributed by atoms with Crippen LogP contribution < -0.4 is 5.32 Å². The van der Waals surface area contributed by atoms with E-state index < -0.39 is 0 Å². The quantitative estimate of drug-likeness (QED) is 0.847. The van der Waals surface area contributed by atoms with Gasteiger partial charge in [0.25, 0.3) is 0 Å². The van der Waals surface area contributed by atoms with Crippen LogP contribution in [0.25, 0.3) is 0 Å². The van der Waals surface area contributed by atoms with Gasteiger partial charge in [0.1, 0.15) is 6.33 Å². The molecule has 0 amide bonds. The molecule has 1 aromatic rings. The molecule has 0 spiro atoms. The summed E-state index contributed by atoms with van der Waals surface area (Å²) in [6, 6.07) is 0.648. The zero-order chi connectivity index (χ0) is 11.5. The van der Waals surface area contributed by atoms with E-state index in [1.807, 2.05) is 7.05 Å². The summed E-state index contributed by atoms with van der Waals surface area (Å²) in [5.41, 5.74) is 0. The van der Waals surface area contributed by atoms with Crippen molar-refractivity contribution in [3.05, 3.63) is 12.2 Å². The number of rotatable bonds is 3. The molecule has 1 heterocycles. The van der Waals surface area contributed by atoms with Gasteiger partial charge < -0.3 is 5.32 Å². The third-order valence-electron chi connectivity index (χ3n) is 3.79. The molecular weight excluding hydrogens is 200 g/mol. The van der Waals surface area contributed by atoms with Gasteiger partial charge in [-0.2, -0.15) is 5.10 Å². The molecule has 90 valence electrons. The highest BCUT2D eigenvalue weighted by atomic mass is 15.3. The maximum absolute atomic E-state index is 4.27. The van der Waals surface area contributed by atoms with Gasteiger partial charge in [-0.3, -0.25) is 4.68 Å². The van der Waals surface area contributed by atoms with Crippen molar-refractivity contribution in [3.8, 4) is 0 Å². The molecule has 3 atom stereocenters. The fourth-order valence-corrected chi connectivity index (χ4v) is 2.43. The van der Waals surface area contributed by atoms with Gasteiger partial charge in [-0.15, -0.1) is 0 Å². The highest BCUT2D eigenvalue weighted by Gasteiger charge is 2.24. The van der Waals surface area contributed by atoms with Crippen molar-refractivity contribution in [3.63, 3.8) is 0 Å². The number of hydrogen-bond donors (Lipinski definition) is 1. The van der Waals surface area contributed by atoms with Crippen LogP contribution in [0.3, 0.4) is 0 Å². The van der Waals surface area contributed by atoms with E-state index in [1.165, 1.54) is 19.3 Å². The normalized spacial score (nSPS) is 30.6. The first-order valence-electron chi connectivity index (χ1n) is 6.23. The Balaban J connectivity index is 1.78. The SMILES string of the molecule is CC1CCC(NCc2ncn(C)n2)CC1C. The van der Waals surface area contributed by atoms with Crippen LogP contribution in [-0.4, -0.2) is 20.8 Å². The number of nitrogens with one attached hydrogen (secondary N) is 1. The second-order valence-electron chi connectivity index (χ2n) is 5.18. The van der Waals surface area contributed by atoms with Crippen LogP contribution in [0.15, 0.2) is 6.33 Å². The minimum Gasteiger partial charge on any atom is -0.307 e. The van der Waals surface area contributed by atoms with Crippen molar-refractivity contribution < 1.29 is 0 Å². The summed E-state index contributed by atoms with van der Waals surface area (Å²) in [7, 11) is 1.90. The first-order chi connectivity index (χ1) is 7.65. The van der Waals surface area contributed by atoms with Gasteiger partial charge in [-0.05, 0) is 31.1 Å². The Kier molecular flexibility index (Phi) is 3.59. The molecule has 4 heteroatoms. The minimum atomic E-state index is 0.648. The number of aromatic nitrogens is 3. The lowest BCUT2D eigenvalue weighted by atomic mass is 9.79. The predicted molar refractivity (Wildman–Crippen MR) is 63.8 cm³/mol. The van der Waals surface area contributed by atoms with E-state index in [2.05, 4.69) is 29.2 Å². The zero-order valence-corrected chi connectivity index (χ0v) is 10.5. The van der Waals surface area contributed by atoms with E-state index in [0.717, 1.165) is 24.2 Å². The topological polar surface area (TPSA) is 42.7 Å². The molecule has 2 rings (SSSR count). The zero-order valence-electron chi connectivity index (χ0n) is 10.5. The van der Waals surface area contributed by atoms with Crippen molar-refractivity contribution in [2.24, 2.45) is 18.9 Å². The molecule has 3 unspecified atom stereocenters. The molecule has 4 nitrogen and oxygen atoms in total. The number of aryl methyl sites for hydroxylation is 1. The van der Waals surface area contributed by atoms with Gasteiger partial charge in [0.15, 0.2) is 5.82 Å². The van der Waals surface area contributed by atoms with Crippen molar-refractivity contribution in [1.29, 1.82) is 0 Å². The largest absolute Gasteiger partial charge is 0.307 e. The summed E-state index contributed by atoms with van der Waals surface area (Å²) in [6.45, 7) is 5.52. The van der Waals surface area contributed by atoms with E-state index in [9.17, 15) is 0 Å². The molecular formula is C12H22N4. The Bertz CT molecular complexity index is 334. The van der Waals surface area contributed by atoms with Crippen molar-refractivity contribution in [1.82, 2.24) is 20.1 Å². The average Bonchev–Trinajstić information content (AvgIpc) is 2.66. The molecule has 1 aliphatic rings. The third kappa shape index (κ3) is 2.82. The molecule has 1 fully saturated rings. The number of nitrogens with zero attached hydrogens (tertiary/aromatic N) is 3. The summed E-state index contributed by atoms with van der Waals surface area (Å²) in [5, 5.41) is 7.84. The second kappa shape index (κ2) is 4.95. The van der Waals surface area contributed by atoms with Gasteiger partial charge in [0.2, 0.25) is 0 Å². The molecule has 0 bridgehead atoms. The Morgan fingerprint density at radius 1 is 1.38 bits per heavy atom. The molecule has 16 heavy (non-hydrogen) atoms. The first kappa shape index (κ1) is 11.6. The van der Waals surface area contributed by atoms with E-state index in [0.29, 0.717) is 6.04 Å². The molecule has 0 radical (unpaired) electrons. The lowest BCUT2D eigenvalue weighted by Gasteiger charge is -2.32. The Morgan fingerprint density at radius 2 is 2.19 bits per heavy atom. The molecule has 0 aliphatic heterocycles. The lowest BCUT2D eigenvalue weighted by molar-refractivity contribution is 0.225. The van der Waals surface area contributed by atoms with Crippen molar-refractivity contribution >= 4 is 0 Å². The summed E-state index contributed by atoms with van der Waals surface area (Å²) < 4.78 is 1.75. The summed E-state index contributed by atoms with van der Waals surface area (Å²) in [6.07, 6.45) is 5.67. The van der Waals surface area contributed by atoms with E-state index in [1.54, 1.807) is 11.0 Å². The Labute approximate surface area is 97.5 Å². The van der Waals surface area contributed by atoms with E-state index in [4.69, 9.17) is 0 Å². The van der Waals surface area contributed by atoms with Crippen LogP contribution in [0, 0.1) is 11.8 Å². The maximum atomic E-state index is 4.27. The molecule has 1 aromatic heterocycles. The van der Waals surface area contributed by atoms with Crippen LogP contribution in [0.4, 0.5) is 0 Å². The Hall–Kier alpha value is -0.900. The minimum absolute atomic E-state index is 0.648. The first-order valence-corrected chi connectivity index (χ1v) is 6.23. The maximum Gasteiger partial charge on any atom is 0.164 e. The molecule has 0 saturated heterocycles. The van der Waals surface area contributed by atoms with Crippen LogP contribution in [0.5, 0.6) is 0 Å². The molecule has 1 N–H and O–H groups in total. The third-order valence-corrected chi connectivity index (χ3v) is 3.79. The van der Waals surface area contributed by atoms with Crippen LogP contribution in [-0.2, 0) is 13.6 Å². The van der Waals surface area contributed by atoms with Gasteiger partial charge in [-0.25, -0.2) is 4.98 Å². The standard InChI is InChI=1S/C12H22N4/c1-9-4-5-11(6-10(9)2)13-7-12-14-8-16(3)15-12/h8-11,13H,4-7H2,1-3H3. The fraction of sp³-hybridized carbons (Fsp3) is 0.833. The highest BCUT2D eigenvalue weighted by Crippen LogP contribution is 2.29. The molecule has 1 aliphatic carbocycles. The fourth-order valence-electron chi connectivity index (χ4n) is 2.43. The van der Waals surface area contributed by atoms with Crippen molar-refractivity contribution in [2.75, 3.05) is 0 Å².